The Balaban J connectivity index is 4.08. The summed E-state index contributed by atoms with van der Waals surface area (Å²) in [5.74, 6) is -2.00. The number of likely N-dealkylation sites (N-methyl/N-ethyl adjacent to an activating group) is 1. The Hall–Kier alpha value is -4.57. The number of quaternary nitrogens is 1. The summed E-state index contributed by atoms with van der Waals surface area (Å²) in [4.78, 5) is 37.7. The Bertz CT molecular complexity index is 2030. The molecule has 0 heterocycles. The minimum Gasteiger partial charge on any atom is -0.477 e. The summed E-state index contributed by atoms with van der Waals surface area (Å²) in [6.07, 6.45) is 106. The van der Waals surface area contributed by atoms with Crippen LogP contribution in [0.15, 0.2) is 134 Å². The number of unbranched alkanes of at least 4 members (excludes halogenated alkanes) is 35. The lowest BCUT2D eigenvalue weighted by molar-refractivity contribution is -0.870. The molecule has 0 rings (SSSR count). The van der Waals surface area contributed by atoms with Gasteiger partial charge in [-0.1, -0.05) is 340 Å². The number of hydrogen-bond acceptors (Lipinski definition) is 7. The third-order valence-electron chi connectivity index (χ3n) is 16.9. The number of hydrogen-bond donors (Lipinski definition) is 1. The molecule has 0 saturated carbocycles. The summed E-state index contributed by atoms with van der Waals surface area (Å²) in [6.45, 7) is 4.78. The van der Waals surface area contributed by atoms with Gasteiger partial charge < -0.3 is 28.5 Å². The molecule has 0 aliphatic rings. The number of rotatable bonds is 72. The van der Waals surface area contributed by atoms with Gasteiger partial charge in [0.1, 0.15) is 13.2 Å². The lowest BCUT2D eigenvalue weighted by Gasteiger charge is -2.25. The first-order chi connectivity index (χ1) is 46.6. The maximum Gasteiger partial charge on any atom is 0.361 e. The van der Waals surface area contributed by atoms with E-state index in [9.17, 15) is 19.5 Å². The topological polar surface area (TPSA) is 108 Å². The van der Waals surface area contributed by atoms with Gasteiger partial charge in [0.2, 0.25) is 0 Å². The molecule has 95 heavy (non-hydrogen) atoms. The van der Waals surface area contributed by atoms with Gasteiger partial charge in [0.05, 0.1) is 34.4 Å². The molecule has 0 bridgehead atoms. The van der Waals surface area contributed by atoms with Gasteiger partial charge in [0.25, 0.3) is 6.29 Å². The number of carbonyl (C=O) groups excluding carboxylic acids is 2. The minimum atomic E-state index is -1.52. The minimum absolute atomic E-state index is 0.183. The summed E-state index contributed by atoms with van der Waals surface area (Å²) >= 11 is 0. The fourth-order valence-corrected chi connectivity index (χ4v) is 10.9. The second-order valence-electron chi connectivity index (χ2n) is 27.3. The maximum absolute atomic E-state index is 13.0. The maximum atomic E-state index is 13.0. The second-order valence-corrected chi connectivity index (χ2v) is 27.3. The molecule has 0 aromatic carbocycles. The van der Waals surface area contributed by atoms with Crippen LogP contribution in [0.5, 0.6) is 0 Å². The Morgan fingerprint density at radius 2 is 0.600 bits per heavy atom. The Morgan fingerprint density at radius 3 is 0.895 bits per heavy atom. The van der Waals surface area contributed by atoms with Crippen molar-refractivity contribution >= 4 is 17.9 Å². The number of nitrogens with zero attached hydrogens (tertiary/aromatic N) is 1. The third kappa shape index (κ3) is 76.7. The van der Waals surface area contributed by atoms with Crippen LogP contribution >= 0.6 is 0 Å². The predicted octanol–water partition coefficient (Wildman–Crippen LogP) is 25.3. The molecule has 9 nitrogen and oxygen atoms in total. The summed E-state index contributed by atoms with van der Waals surface area (Å²) < 4.78 is 23.0. The van der Waals surface area contributed by atoms with Crippen LogP contribution in [-0.2, 0) is 33.3 Å². The van der Waals surface area contributed by atoms with E-state index < -0.39 is 24.3 Å². The third-order valence-corrected chi connectivity index (χ3v) is 16.9. The van der Waals surface area contributed by atoms with Gasteiger partial charge in [-0.15, -0.1) is 0 Å². The highest BCUT2D eigenvalue weighted by Gasteiger charge is 2.25. The van der Waals surface area contributed by atoms with E-state index >= 15 is 0 Å². The Kier molecular flexibility index (Phi) is 71.6. The molecule has 0 spiro atoms. The molecule has 0 radical (unpaired) electrons. The molecule has 0 aliphatic carbocycles. The van der Waals surface area contributed by atoms with Gasteiger partial charge in [-0.3, -0.25) is 9.59 Å². The van der Waals surface area contributed by atoms with Gasteiger partial charge in [-0.25, -0.2) is 4.79 Å². The fourth-order valence-electron chi connectivity index (χ4n) is 10.9. The second kappa shape index (κ2) is 75.2. The van der Waals surface area contributed by atoms with E-state index in [2.05, 4.69) is 148 Å². The summed E-state index contributed by atoms with van der Waals surface area (Å²) in [7, 11) is 5.98. The summed E-state index contributed by atoms with van der Waals surface area (Å²) in [5, 5.41) is 9.77. The normalized spacial score (nSPS) is 13.4. The van der Waals surface area contributed by atoms with Crippen molar-refractivity contribution in [3.05, 3.63) is 134 Å². The molecule has 2 atom stereocenters. The van der Waals surface area contributed by atoms with Crippen LogP contribution in [0.3, 0.4) is 0 Å². The van der Waals surface area contributed by atoms with E-state index in [4.69, 9.17) is 18.9 Å². The molecule has 1 N–H and O–H groups in total. The average molecular weight is 1320 g/mol. The monoisotopic (exact) mass is 1320 g/mol. The van der Waals surface area contributed by atoms with Crippen LogP contribution in [0.4, 0.5) is 0 Å². The molecular weight excluding hydrogens is 1170 g/mol. The van der Waals surface area contributed by atoms with Crippen molar-refractivity contribution in [3.8, 4) is 0 Å². The predicted molar refractivity (Wildman–Crippen MR) is 410 cm³/mol. The molecule has 0 aliphatic heterocycles. The zero-order chi connectivity index (χ0) is 69.0. The van der Waals surface area contributed by atoms with Crippen LogP contribution in [-0.4, -0.2) is 87.4 Å². The highest BCUT2D eigenvalue weighted by atomic mass is 16.7. The molecule has 9 heteroatoms. The van der Waals surface area contributed by atoms with Crippen molar-refractivity contribution in [1.82, 2.24) is 0 Å². The van der Waals surface area contributed by atoms with Gasteiger partial charge in [0, 0.05) is 12.8 Å². The van der Waals surface area contributed by atoms with E-state index in [0.717, 1.165) is 109 Å². The molecule has 0 amide bonds. The number of allylic oxidation sites excluding steroid dienone is 22. The summed E-state index contributed by atoms with van der Waals surface area (Å²) in [5.41, 5.74) is 0. The van der Waals surface area contributed by atoms with Crippen LogP contribution in [0.1, 0.15) is 335 Å². The van der Waals surface area contributed by atoms with E-state index in [1.807, 2.05) is 21.1 Å². The molecular formula is C86H148NO8+. The van der Waals surface area contributed by atoms with Crippen molar-refractivity contribution in [2.24, 2.45) is 0 Å². The highest BCUT2D eigenvalue weighted by Crippen LogP contribution is 2.18. The SMILES string of the molecule is CC/C=C\C/C=C\C/C=C\C/C=C\C/C=C\C/C=C\C/C=C\C/C=C\C/C=C\CCCCCCCCCCCCCC(=O)OC(COC(=O)CCCCCCCCCCCCCCCCCCCCC/C=C\C/C=C\CCCCCCC)COC(OCC[N+](C)(C)C)C(=O)O. The number of carboxylic acid groups (broad SMARTS) is 1. The number of ether oxygens (including phenoxy) is 4. The number of carboxylic acids is 1. The lowest BCUT2D eigenvalue weighted by Crippen LogP contribution is -2.40. The number of esters is 2. The highest BCUT2D eigenvalue weighted by molar-refractivity contribution is 5.71. The first-order valence-electron chi connectivity index (χ1n) is 39.3. The van der Waals surface area contributed by atoms with E-state index in [1.165, 1.54) is 193 Å². The molecule has 0 saturated heterocycles. The molecule has 2 unspecified atom stereocenters. The summed E-state index contributed by atoms with van der Waals surface area (Å²) in [6, 6.07) is 0. The zero-order valence-electron chi connectivity index (χ0n) is 62.3. The largest absolute Gasteiger partial charge is 0.477 e. The Labute approximate surface area is 586 Å². The fraction of sp³-hybridized carbons (Fsp3) is 0.709. The van der Waals surface area contributed by atoms with Crippen molar-refractivity contribution in [2.45, 2.75) is 347 Å². The molecule has 0 aromatic rings. The van der Waals surface area contributed by atoms with E-state index in [1.54, 1.807) is 0 Å². The molecule has 544 valence electrons. The Morgan fingerprint density at radius 1 is 0.326 bits per heavy atom. The van der Waals surface area contributed by atoms with Crippen molar-refractivity contribution in [1.29, 1.82) is 0 Å². The van der Waals surface area contributed by atoms with Crippen LogP contribution < -0.4 is 0 Å². The van der Waals surface area contributed by atoms with Crippen molar-refractivity contribution < 1.29 is 42.9 Å². The molecule has 0 fully saturated rings. The standard InChI is InChI=1S/C86H147NO8/c1-6-8-10-12-14-16-18-20-22-24-26-28-30-32-34-36-38-39-40-41-42-43-44-45-47-49-51-53-55-57-59-61-63-65-67-69-71-73-75-77-84(89)95-82(81-94-86(85(90)91)92-79-78-87(3,4)5)80-93-83(88)76-74-72-70-68-66-64-62-60-58-56-54-52-50-48-46-37-35-33-31-29-27-25-23-21-19-17-15-13-11-9-7-2/h8,10,14,16,19-22,25-28,32,34,38-39,41-42,44-45,49,51,82,86H,6-7,9,11-13,15,17-18,23-24,29-31,33,35-37,40,43,46-48,50,52-81H2,1-5H3/p+1/b10-8-,16-14-,21-19-,22-20-,27-25-,28-26-,34-32-,39-38-,42-41-,45-44-,51-49-. The molecule has 0 aromatic heterocycles. The quantitative estimate of drug-likeness (QED) is 0.0211. The van der Waals surface area contributed by atoms with E-state index in [-0.39, 0.29) is 32.2 Å². The number of carbonyl (C=O) groups is 3. The van der Waals surface area contributed by atoms with Crippen LogP contribution in [0.2, 0.25) is 0 Å². The van der Waals surface area contributed by atoms with E-state index in [0.29, 0.717) is 23.9 Å². The van der Waals surface area contributed by atoms with Crippen LogP contribution in [0.25, 0.3) is 0 Å². The zero-order valence-corrected chi connectivity index (χ0v) is 62.3. The van der Waals surface area contributed by atoms with Gasteiger partial charge in [0.15, 0.2) is 6.10 Å². The first kappa shape index (κ1) is 90.4. The van der Waals surface area contributed by atoms with Crippen molar-refractivity contribution in [2.75, 3.05) is 47.5 Å². The first-order valence-corrected chi connectivity index (χ1v) is 39.3. The average Bonchev–Trinajstić information content (AvgIpc) is 2.92. The smallest absolute Gasteiger partial charge is 0.361 e. The lowest BCUT2D eigenvalue weighted by atomic mass is 10.0. The van der Waals surface area contributed by atoms with Gasteiger partial charge >= 0.3 is 17.9 Å². The van der Waals surface area contributed by atoms with Crippen molar-refractivity contribution in [3.63, 3.8) is 0 Å². The van der Waals surface area contributed by atoms with Gasteiger partial charge in [-0.05, 0) is 116 Å². The number of aliphatic carboxylic acids is 1. The van der Waals surface area contributed by atoms with Crippen LogP contribution in [0, 0.1) is 0 Å². The van der Waals surface area contributed by atoms with Gasteiger partial charge in [-0.2, -0.15) is 0 Å².